The van der Waals surface area contributed by atoms with Gasteiger partial charge in [0.2, 0.25) is 0 Å². The number of ether oxygens (including phenoxy) is 2. The Balaban J connectivity index is 1.43. The normalized spacial score (nSPS) is 16.0. The van der Waals surface area contributed by atoms with Gasteiger partial charge in [-0.2, -0.15) is 0 Å². The van der Waals surface area contributed by atoms with Crippen LogP contribution in [0.1, 0.15) is 28.7 Å². The fourth-order valence-electron chi connectivity index (χ4n) is 4.12. The molecular weight excluding hydrogens is 352 g/mol. The lowest BCUT2D eigenvalue weighted by Crippen LogP contribution is -2.36. The molecule has 2 heterocycles. The molecule has 0 fully saturated rings. The molecule has 5 heteroatoms. The second-order valence-corrected chi connectivity index (χ2v) is 7.47. The lowest BCUT2D eigenvalue weighted by Gasteiger charge is -2.30. The third-order valence-corrected chi connectivity index (χ3v) is 5.63. The van der Waals surface area contributed by atoms with Gasteiger partial charge in [0.25, 0.3) is 0 Å². The van der Waals surface area contributed by atoms with Crippen LogP contribution in [0.15, 0.2) is 36.4 Å². The predicted octanol–water partition coefficient (Wildman–Crippen LogP) is 3.52. The van der Waals surface area contributed by atoms with E-state index in [0.29, 0.717) is 13.0 Å². The van der Waals surface area contributed by atoms with Gasteiger partial charge < -0.3 is 14.8 Å². The number of benzene rings is 2. The maximum Gasteiger partial charge on any atom is 0.414 e. The SMILES string of the molecule is COc1cccc(CCOC(=O)N2CCCc3cc4c(cc32)CCNCC4)c1. The topological polar surface area (TPSA) is 50.8 Å². The minimum Gasteiger partial charge on any atom is -0.497 e. The number of carbonyl (C=O) groups is 1. The van der Waals surface area contributed by atoms with Crippen molar-refractivity contribution in [2.45, 2.75) is 32.1 Å². The van der Waals surface area contributed by atoms with Crippen LogP contribution in [0.4, 0.5) is 10.5 Å². The molecule has 0 aromatic heterocycles. The molecule has 28 heavy (non-hydrogen) atoms. The maximum absolute atomic E-state index is 12.8. The number of methoxy groups -OCH3 is 1. The van der Waals surface area contributed by atoms with Gasteiger partial charge in [-0.25, -0.2) is 4.79 Å². The first-order valence-electron chi connectivity index (χ1n) is 10.2. The molecule has 2 aromatic rings. The second kappa shape index (κ2) is 8.65. The van der Waals surface area contributed by atoms with E-state index in [1.54, 1.807) is 7.11 Å². The quantitative estimate of drug-likeness (QED) is 0.882. The van der Waals surface area contributed by atoms with Gasteiger partial charge in [-0.1, -0.05) is 18.2 Å². The van der Waals surface area contributed by atoms with E-state index in [2.05, 4.69) is 17.4 Å². The molecule has 0 saturated heterocycles. The molecule has 2 aliphatic heterocycles. The van der Waals surface area contributed by atoms with Crippen molar-refractivity contribution in [3.8, 4) is 5.75 Å². The van der Waals surface area contributed by atoms with Crippen LogP contribution in [-0.2, 0) is 30.4 Å². The Labute approximate surface area is 166 Å². The van der Waals surface area contributed by atoms with Crippen molar-refractivity contribution < 1.29 is 14.3 Å². The molecule has 1 amide bonds. The van der Waals surface area contributed by atoms with Crippen molar-refractivity contribution in [2.24, 2.45) is 0 Å². The van der Waals surface area contributed by atoms with E-state index >= 15 is 0 Å². The Bertz CT molecular complexity index is 850. The largest absolute Gasteiger partial charge is 0.497 e. The average molecular weight is 380 g/mol. The van der Waals surface area contributed by atoms with Crippen molar-refractivity contribution in [1.82, 2.24) is 5.32 Å². The molecular formula is C23H28N2O3. The maximum atomic E-state index is 12.8. The van der Waals surface area contributed by atoms with Gasteiger partial charge in [0, 0.05) is 13.0 Å². The summed E-state index contributed by atoms with van der Waals surface area (Å²) >= 11 is 0. The number of anilines is 1. The van der Waals surface area contributed by atoms with Crippen LogP contribution in [0.3, 0.4) is 0 Å². The molecule has 0 saturated carbocycles. The summed E-state index contributed by atoms with van der Waals surface area (Å²) in [5.74, 6) is 0.823. The Morgan fingerprint density at radius 3 is 2.71 bits per heavy atom. The summed E-state index contributed by atoms with van der Waals surface area (Å²) in [4.78, 5) is 14.6. The molecule has 0 radical (unpaired) electrons. The van der Waals surface area contributed by atoms with Gasteiger partial charge in [0.1, 0.15) is 5.75 Å². The first-order valence-corrected chi connectivity index (χ1v) is 10.2. The summed E-state index contributed by atoms with van der Waals surface area (Å²) in [6.45, 7) is 3.12. The summed E-state index contributed by atoms with van der Waals surface area (Å²) < 4.78 is 10.9. The number of aryl methyl sites for hydroxylation is 1. The smallest absolute Gasteiger partial charge is 0.414 e. The molecule has 0 unspecified atom stereocenters. The summed E-state index contributed by atoms with van der Waals surface area (Å²) in [5.41, 5.74) is 6.20. The predicted molar refractivity (Wildman–Crippen MR) is 110 cm³/mol. The Hall–Kier alpha value is -2.53. The van der Waals surface area contributed by atoms with Crippen LogP contribution < -0.4 is 15.0 Å². The molecule has 0 atom stereocenters. The zero-order valence-corrected chi connectivity index (χ0v) is 16.5. The summed E-state index contributed by atoms with van der Waals surface area (Å²) in [6.07, 6.45) is 4.53. The van der Waals surface area contributed by atoms with E-state index in [1.165, 1.54) is 16.7 Å². The van der Waals surface area contributed by atoms with Gasteiger partial charge in [-0.05, 0) is 79.2 Å². The Kier molecular flexibility index (Phi) is 5.81. The van der Waals surface area contributed by atoms with Gasteiger partial charge >= 0.3 is 6.09 Å². The highest BCUT2D eigenvalue weighted by Gasteiger charge is 2.25. The van der Waals surface area contributed by atoms with Crippen molar-refractivity contribution >= 4 is 11.8 Å². The fourth-order valence-corrected chi connectivity index (χ4v) is 4.12. The van der Waals surface area contributed by atoms with Crippen molar-refractivity contribution in [3.63, 3.8) is 0 Å². The van der Waals surface area contributed by atoms with Gasteiger partial charge in [-0.15, -0.1) is 0 Å². The number of nitrogens with zero attached hydrogens (tertiary/aromatic N) is 1. The lowest BCUT2D eigenvalue weighted by atomic mass is 9.93. The highest BCUT2D eigenvalue weighted by Crippen LogP contribution is 2.32. The van der Waals surface area contributed by atoms with Gasteiger partial charge in [-0.3, -0.25) is 4.90 Å². The minimum atomic E-state index is -0.240. The van der Waals surface area contributed by atoms with Crippen LogP contribution in [0, 0.1) is 0 Å². The number of fused-ring (bicyclic) bond motifs is 2. The number of rotatable bonds is 4. The van der Waals surface area contributed by atoms with E-state index in [-0.39, 0.29) is 6.09 Å². The highest BCUT2D eigenvalue weighted by molar-refractivity contribution is 5.89. The van der Waals surface area contributed by atoms with Crippen molar-refractivity contribution in [2.75, 3.05) is 38.3 Å². The molecule has 2 aliphatic rings. The molecule has 1 N–H and O–H groups in total. The van der Waals surface area contributed by atoms with Crippen LogP contribution in [0.2, 0.25) is 0 Å². The van der Waals surface area contributed by atoms with E-state index in [9.17, 15) is 4.79 Å². The van der Waals surface area contributed by atoms with E-state index in [1.807, 2.05) is 29.2 Å². The fraction of sp³-hybridized carbons (Fsp3) is 0.435. The van der Waals surface area contributed by atoms with Gasteiger partial charge in [0.15, 0.2) is 0 Å². The highest BCUT2D eigenvalue weighted by atomic mass is 16.6. The van der Waals surface area contributed by atoms with Crippen LogP contribution in [0.25, 0.3) is 0 Å². The zero-order chi connectivity index (χ0) is 19.3. The number of nitrogens with one attached hydrogen (secondary N) is 1. The van der Waals surface area contributed by atoms with E-state index in [4.69, 9.17) is 9.47 Å². The van der Waals surface area contributed by atoms with Crippen LogP contribution in [0.5, 0.6) is 5.75 Å². The monoisotopic (exact) mass is 380 g/mol. The third-order valence-electron chi connectivity index (χ3n) is 5.63. The molecule has 0 aliphatic carbocycles. The summed E-state index contributed by atoms with van der Waals surface area (Å²) in [7, 11) is 1.66. The first-order chi connectivity index (χ1) is 13.7. The van der Waals surface area contributed by atoms with Crippen molar-refractivity contribution in [3.05, 3.63) is 58.7 Å². The Morgan fingerprint density at radius 2 is 1.89 bits per heavy atom. The first kappa shape index (κ1) is 18.8. The van der Waals surface area contributed by atoms with E-state index < -0.39 is 0 Å². The lowest BCUT2D eigenvalue weighted by molar-refractivity contribution is 0.154. The van der Waals surface area contributed by atoms with Gasteiger partial charge in [0.05, 0.1) is 19.4 Å². The van der Waals surface area contributed by atoms with Crippen LogP contribution >= 0.6 is 0 Å². The summed E-state index contributed by atoms with van der Waals surface area (Å²) in [5, 5.41) is 3.46. The number of hydrogen-bond donors (Lipinski definition) is 1. The molecule has 148 valence electrons. The molecule has 2 aromatic carbocycles. The Morgan fingerprint density at radius 1 is 1.07 bits per heavy atom. The van der Waals surface area contributed by atoms with E-state index in [0.717, 1.165) is 62.3 Å². The number of hydrogen-bond acceptors (Lipinski definition) is 4. The molecule has 0 spiro atoms. The molecule has 0 bridgehead atoms. The van der Waals surface area contributed by atoms with Crippen LogP contribution in [-0.4, -0.2) is 39.4 Å². The standard InChI is InChI=1S/C23H28N2O3/c1-27-21-6-2-4-17(14-21)9-13-28-23(26)25-12-3-5-20-15-18-7-10-24-11-8-19(18)16-22(20)25/h2,4,6,14-16,24H,3,5,7-13H2,1H3. The molecule has 4 rings (SSSR count). The van der Waals surface area contributed by atoms with Crippen molar-refractivity contribution in [1.29, 1.82) is 0 Å². The summed E-state index contributed by atoms with van der Waals surface area (Å²) in [6, 6.07) is 12.4. The zero-order valence-electron chi connectivity index (χ0n) is 16.5. The number of amides is 1. The second-order valence-electron chi connectivity index (χ2n) is 7.47. The number of carbonyl (C=O) groups excluding carboxylic acids is 1. The molecule has 5 nitrogen and oxygen atoms in total. The third kappa shape index (κ3) is 4.14. The minimum absolute atomic E-state index is 0.240. The average Bonchev–Trinajstić information content (AvgIpc) is 2.96.